The summed E-state index contributed by atoms with van der Waals surface area (Å²) in [6.07, 6.45) is 0. The molecule has 0 unspecified atom stereocenters. The highest BCUT2D eigenvalue weighted by Gasteiger charge is 2.49. The third-order valence-corrected chi connectivity index (χ3v) is 8.56. The molecule has 0 aliphatic rings. The van der Waals surface area contributed by atoms with E-state index in [1.165, 1.54) is 0 Å². The minimum atomic E-state index is -3.49. The Balaban J connectivity index is 1.97. The molecular weight excluding hydrogens is 476 g/mol. The highest BCUT2D eigenvalue weighted by Crippen LogP contribution is 2.18. The lowest BCUT2D eigenvalue weighted by atomic mass is 10.2. The van der Waals surface area contributed by atoms with Crippen molar-refractivity contribution in [3.63, 3.8) is 0 Å². The van der Waals surface area contributed by atoms with Crippen LogP contribution >= 0.6 is 0 Å². The first kappa shape index (κ1) is 25.7. The van der Waals surface area contributed by atoms with Gasteiger partial charge in [-0.05, 0) is 24.3 Å². The molecule has 0 aromatic heterocycles. The normalized spacial score (nSPS) is 12.1. The maximum atomic E-state index is 7.07. The number of benzene rings is 4. The Morgan fingerprint density at radius 3 is 1.08 bits per heavy atom. The molecule has 37 heavy (non-hydrogen) atoms. The van der Waals surface area contributed by atoms with E-state index in [2.05, 4.69) is 24.3 Å². The van der Waals surface area contributed by atoms with Gasteiger partial charge >= 0.3 is 8.56 Å². The largest absolute Gasteiger partial charge is 0.533 e. The van der Waals surface area contributed by atoms with Crippen molar-refractivity contribution in [2.45, 2.75) is 0 Å². The molecule has 0 radical (unpaired) electrons. The van der Waals surface area contributed by atoms with Crippen molar-refractivity contribution in [2.75, 3.05) is 28.2 Å². The molecule has 0 amide bonds. The van der Waals surface area contributed by atoms with Crippen molar-refractivity contribution in [1.82, 2.24) is 10.0 Å². The molecule has 0 heterocycles. The van der Waals surface area contributed by atoms with E-state index < -0.39 is 8.56 Å². The van der Waals surface area contributed by atoms with E-state index in [0.29, 0.717) is 11.8 Å². The van der Waals surface area contributed by atoms with Crippen LogP contribution in [-0.4, -0.2) is 58.6 Å². The molecule has 0 saturated carbocycles. The second-order valence-corrected chi connectivity index (χ2v) is 11.6. The van der Waals surface area contributed by atoms with Crippen LogP contribution in [-0.2, 0) is 8.85 Å². The van der Waals surface area contributed by atoms with Crippen molar-refractivity contribution in [3.05, 3.63) is 132 Å². The maximum Gasteiger partial charge on any atom is 0.533 e. The number of hydrazone groups is 2. The Hall–Kier alpha value is -4.36. The Bertz CT molecular complexity index is 1210. The van der Waals surface area contributed by atoms with E-state index in [1.54, 1.807) is 10.0 Å². The van der Waals surface area contributed by atoms with Gasteiger partial charge in [0.2, 0.25) is 11.8 Å². The van der Waals surface area contributed by atoms with Gasteiger partial charge in [0.05, 0.1) is 0 Å². The average molecular weight is 509 g/mol. The van der Waals surface area contributed by atoms with Gasteiger partial charge in [-0.2, -0.15) is 0 Å². The quantitative estimate of drug-likeness (QED) is 0.156. The molecule has 0 atom stereocenters. The van der Waals surface area contributed by atoms with Gasteiger partial charge in [-0.1, -0.05) is 97.1 Å². The summed E-state index contributed by atoms with van der Waals surface area (Å²) in [7, 11) is 4.03. The molecule has 0 N–H and O–H groups in total. The van der Waals surface area contributed by atoms with Crippen LogP contribution < -0.4 is 10.4 Å². The average Bonchev–Trinajstić information content (AvgIpc) is 2.93. The van der Waals surface area contributed by atoms with E-state index in [-0.39, 0.29) is 0 Å². The van der Waals surface area contributed by atoms with Gasteiger partial charge in [-0.15, -0.1) is 10.2 Å². The van der Waals surface area contributed by atoms with Crippen LogP contribution in [0.25, 0.3) is 0 Å². The van der Waals surface area contributed by atoms with Crippen LogP contribution in [0.3, 0.4) is 0 Å². The summed E-state index contributed by atoms with van der Waals surface area (Å²) in [6.45, 7) is 0. The summed E-state index contributed by atoms with van der Waals surface area (Å²) in [5.74, 6) is 0.949. The van der Waals surface area contributed by atoms with Crippen LogP contribution in [0.1, 0.15) is 11.1 Å². The molecule has 6 nitrogen and oxygen atoms in total. The predicted molar refractivity (Wildman–Crippen MR) is 153 cm³/mol. The van der Waals surface area contributed by atoms with Gasteiger partial charge in [-0.3, -0.25) is 10.0 Å². The molecule has 188 valence electrons. The number of hydrogen-bond acceptors (Lipinski definition) is 6. The van der Waals surface area contributed by atoms with E-state index in [4.69, 9.17) is 19.1 Å². The summed E-state index contributed by atoms with van der Waals surface area (Å²) < 4.78 is 14.1. The zero-order chi connectivity index (χ0) is 26.1. The molecule has 0 bridgehead atoms. The van der Waals surface area contributed by atoms with E-state index in [9.17, 15) is 0 Å². The zero-order valence-corrected chi connectivity index (χ0v) is 22.7. The molecule has 0 aliphatic carbocycles. The Morgan fingerprint density at radius 2 is 0.784 bits per heavy atom. The summed E-state index contributed by atoms with van der Waals surface area (Å²) in [4.78, 5) is 0. The van der Waals surface area contributed by atoms with Crippen molar-refractivity contribution in [3.8, 4) is 0 Å². The Labute approximate surface area is 220 Å². The second kappa shape index (κ2) is 12.1. The Kier molecular flexibility index (Phi) is 8.38. The van der Waals surface area contributed by atoms with Crippen LogP contribution in [0.15, 0.2) is 132 Å². The molecule has 4 aromatic carbocycles. The molecule has 0 fully saturated rings. The van der Waals surface area contributed by atoms with Crippen molar-refractivity contribution < 1.29 is 8.85 Å². The SMILES string of the molecule is CN(C)/N=C(/O[Si](O/C(=N/N(C)C)c1ccccc1)(c1ccccc1)c1ccccc1)c1ccccc1. The fourth-order valence-electron chi connectivity index (χ4n) is 3.81. The lowest BCUT2D eigenvalue weighted by Gasteiger charge is -2.33. The van der Waals surface area contributed by atoms with E-state index >= 15 is 0 Å². The minimum absolute atomic E-state index is 0.474. The third-order valence-electron chi connectivity index (χ3n) is 5.41. The third kappa shape index (κ3) is 6.45. The first-order valence-corrected chi connectivity index (χ1v) is 13.9. The summed E-state index contributed by atoms with van der Waals surface area (Å²) in [5.41, 5.74) is 1.71. The molecule has 4 aromatic rings. The van der Waals surface area contributed by atoms with E-state index in [1.807, 2.05) is 125 Å². The van der Waals surface area contributed by atoms with Crippen LogP contribution in [0, 0.1) is 0 Å². The van der Waals surface area contributed by atoms with E-state index in [0.717, 1.165) is 21.5 Å². The highest BCUT2D eigenvalue weighted by molar-refractivity contribution is 6.94. The smallest absolute Gasteiger partial charge is 0.489 e. The molecule has 0 spiro atoms. The zero-order valence-electron chi connectivity index (χ0n) is 21.7. The van der Waals surface area contributed by atoms with Crippen molar-refractivity contribution in [1.29, 1.82) is 0 Å². The summed E-state index contributed by atoms with van der Waals surface area (Å²) in [6, 6.07) is 40.0. The Morgan fingerprint density at radius 1 is 0.486 bits per heavy atom. The standard InChI is InChI=1S/C30H32N4O2Si/c1-33(2)31-29(25-17-9-5-10-18-25)35-37(27-21-13-7-14-22-27,28-23-15-8-16-24-28)36-30(32-34(3)4)26-19-11-6-12-20-26/h5-24H,1-4H3/b31-29+,32-30+. The molecule has 4 rings (SSSR count). The first-order valence-electron chi connectivity index (χ1n) is 12.1. The van der Waals surface area contributed by atoms with Crippen LogP contribution in [0.2, 0.25) is 0 Å². The summed E-state index contributed by atoms with van der Waals surface area (Å²) in [5, 5.41) is 14.9. The second-order valence-electron chi connectivity index (χ2n) is 8.79. The lowest BCUT2D eigenvalue weighted by Crippen LogP contribution is -2.65. The molecular formula is C30H32N4O2Si. The first-order chi connectivity index (χ1) is 18.0. The molecule has 7 heteroatoms. The fourth-order valence-corrected chi connectivity index (χ4v) is 6.78. The van der Waals surface area contributed by atoms with Gasteiger partial charge in [0.1, 0.15) is 0 Å². The van der Waals surface area contributed by atoms with Crippen LogP contribution in [0.4, 0.5) is 0 Å². The maximum absolute atomic E-state index is 7.07. The lowest BCUT2D eigenvalue weighted by molar-refractivity contribution is 0.363. The molecule has 0 saturated heterocycles. The molecule has 0 aliphatic heterocycles. The number of rotatable bonds is 8. The topological polar surface area (TPSA) is 49.7 Å². The van der Waals surface area contributed by atoms with Crippen molar-refractivity contribution >= 4 is 30.7 Å². The fraction of sp³-hybridized carbons (Fsp3) is 0.133. The van der Waals surface area contributed by atoms with Gasteiger partial charge in [-0.25, -0.2) is 0 Å². The van der Waals surface area contributed by atoms with Gasteiger partial charge in [0.15, 0.2) is 0 Å². The van der Waals surface area contributed by atoms with Crippen LogP contribution in [0.5, 0.6) is 0 Å². The minimum Gasteiger partial charge on any atom is -0.489 e. The van der Waals surface area contributed by atoms with Gasteiger partial charge < -0.3 is 8.85 Å². The number of hydrogen-bond donors (Lipinski definition) is 0. The number of nitrogens with zero attached hydrogens (tertiary/aromatic N) is 4. The highest BCUT2D eigenvalue weighted by atomic mass is 28.4. The predicted octanol–water partition coefficient (Wildman–Crippen LogP) is 4.12. The van der Waals surface area contributed by atoms with Gasteiger partial charge in [0, 0.05) is 49.7 Å². The van der Waals surface area contributed by atoms with Crippen molar-refractivity contribution in [2.24, 2.45) is 10.2 Å². The summed E-state index contributed by atoms with van der Waals surface area (Å²) >= 11 is 0. The monoisotopic (exact) mass is 508 g/mol. The van der Waals surface area contributed by atoms with Gasteiger partial charge in [0.25, 0.3) is 0 Å².